The molecular formula is C23H23ClFNO. The zero-order valence-corrected chi connectivity index (χ0v) is 16.3. The van der Waals surface area contributed by atoms with Gasteiger partial charge in [-0.15, -0.1) is 11.6 Å². The summed E-state index contributed by atoms with van der Waals surface area (Å²) in [6.45, 7) is 4.13. The highest BCUT2D eigenvalue weighted by molar-refractivity contribution is 6.35. The maximum Gasteiger partial charge on any atom is 0.158 e. The van der Waals surface area contributed by atoms with Crippen LogP contribution in [0.2, 0.25) is 0 Å². The Morgan fingerprint density at radius 1 is 1.11 bits per heavy atom. The van der Waals surface area contributed by atoms with Gasteiger partial charge in [0.05, 0.1) is 0 Å². The first-order valence-corrected chi connectivity index (χ1v) is 9.54. The van der Waals surface area contributed by atoms with Crippen LogP contribution in [0.1, 0.15) is 31.4 Å². The number of hydrogen-bond donors (Lipinski definition) is 0. The van der Waals surface area contributed by atoms with E-state index < -0.39 is 4.87 Å². The van der Waals surface area contributed by atoms with E-state index >= 15 is 0 Å². The molecule has 0 fully saturated rings. The second-order valence-corrected chi connectivity index (χ2v) is 8.20. The van der Waals surface area contributed by atoms with Gasteiger partial charge in [-0.05, 0) is 42.0 Å². The molecule has 0 N–H and O–H groups in total. The minimum Gasteiger partial charge on any atom is -0.297 e. The van der Waals surface area contributed by atoms with Crippen molar-refractivity contribution in [3.8, 4) is 0 Å². The fourth-order valence-corrected chi connectivity index (χ4v) is 3.99. The third kappa shape index (κ3) is 4.72. The van der Waals surface area contributed by atoms with Gasteiger partial charge >= 0.3 is 0 Å². The van der Waals surface area contributed by atoms with E-state index in [2.05, 4.69) is 18.8 Å². The first-order chi connectivity index (χ1) is 12.9. The number of carbonyl (C=O) groups is 1. The molecule has 1 aromatic heterocycles. The lowest BCUT2D eigenvalue weighted by Crippen LogP contribution is -2.37. The van der Waals surface area contributed by atoms with Crippen molar-refractivity contribution in [2.75, 3.05) is 0 Å². The van der Waals surface area contributed by atoms with Crippen molar-refractivity contribution >= 4 is 28.3 Å². The molecule has 3 aromatic rings. The van der Waals surface area contributed by atoms with Gasteiger partial charge < -0.3 is 0 Å². The van der Waals surface area contributed by atoms with E-state index in [1.807, 2.05) is 36.4 Å². The van der Waals surface area contributed by atoms with Gasteiger partial charge in [0.2, 0.25) is 0 Å². The number of hydrogen-bond acceptors (Lipinski definition) is 2. The topological polar surface area (TPSA) is 30.0 Å². The first-order valence-electron chi connectivity index (χ1n) is 9.17. The van der Waals surface area contributed by atoms with Gasteiger partial charge in [-0.3, -0.25) is 9.78 Å². The highest BCUT2D eigenvalue weighted by Gasteiger charge is 2.36. The number of benzene rings is 2. The highest BCUT2D eigenvalue weighted by Crippen LogP contribution is 2.31. The summed E-state index contributed by atoms with van der Waals surface area (Å²) < 4.78 is 13.8. The Morgan fingerprint density at radius 3 is 2.56 bits per heavy atom. The molecule has 27 heavy (non-hydrogen) atoms. The molecule has 0 spiro atoms. The second-order valence-electron chi connectivity index (χ2n) is 7.48. The molecule has 0 aliphatic carbocycles. The number of aromatic nitrogens is 1. The molecule has 3 rings (SSSR count). The number of carbonyl (C=O) groups excluding carboxylic acids is 1. The molecule has 1 unspecified atom stereocenters. The van der Waals surface area contributed by atoms with Gasteiger partial charge in [0.1, 0.15) is 16.2 Å². The van der Waals surface area contributed by atoms with Gasteiger partial charge in [-0.2, -0.15) is 0 Å². The highest BCUT2D eigenvalue weighted by atomic mass is 35.5. The zero-order valence-electron chi connectivity index (χ0n) is 15.6. The average Bonchev–Trinajstić information content (AvgIpc) is 2.62. The Balaban J connectivity index is 1.85. The predicted octanol–water partition coefficient (Wildman–Crippen LogP) is 5.75. The van der Waals surface area contributed by atoms with Crippen LogP contribution in [-0.4, -0.2) is 15.6 Å². The van der Waals surface area contributed by atoms with Gasteiger partial charge in [0.15, 0.2) is 5.78 Å². The molecule has 0 amide bonds. The summed E-state index contributed by atoms with van der Waals surface area (Å²) in [5.74, 6) is -0.0980. The number of ketones is 1. The molecule has 0 bridgehead atoms. The van der Waals surface area contributed by atoms with Gasteiger partial charge in [-0.25, -0.2) is 4.39 Å². The third-order valence-corrected chi connectivity index (χ3v) is 5.14. The van der Waals surface area contributed by atoms with Gasteiger partial charge in [-0.1, -0.05) is 56.3 Å². The molecule has 2 aromatic carbocycles. The van der Waals surface area contributed by atoms with E-state index in [9.17, 15) is 9.18 Å². The van der Waals surface area contributed by atoms with Crippen LogP contribution in [0, 0.1) is 11.7 Å². The number of fused-ring (bicyclic) bond motifs is 1. The maximum atomic E-state index is 13.8. The smallest absolute Gasteiger partial charge is 0.158 e. The maximum absolute atomic E-state index is 13.8. The Morgan fingerprint density at radius 2 is 1.85 bits per heavy atom. The number of Topliss-reactive ketones (excluding diaryl/α,β-unsaturated/α-hetero) is 1. The summed E-state index contributed by atoms with van der Waals surface area (Å²) in [6, 6.07) is 16.5. The molecule has 1 atom stereocenters. The second kappa shape index (κ2) is 8.18. The lowest BCUT2D eigenvalue weighted by atomic mass is 9.84. The number of rotatable bonds is 7. The van der Waals surface area contributed by atoms with Gasteiger partial charge in [0, 0.05) is 18.0 Å². The van der Waals surface area contributed by atoms with E-state index in [0.717, 1.165) is 11.1 Å². The fourth-order valence-electron chi connectivity index (χ4n) is 3.46. The summed E-state index contributed by atoms with van der Waals surface area (Å²) >= 11 is 6.88. The molecule has 140 valence electrons. The summed E-state index contributed by atoms with van der Waals surface area (Å²) in [5, 5.41) is 0.687. The van der Waals surface area contributed by atoms with Crippen molar-refractivity contribution in [1.29, 1.82) is 0 Å². The molecule has 2 nitrogen and oxygen atoms in total. The minimum atomic E-state index is -0.966. The van der Waals surface area contributed by atoms with Crippen molar-refractivity contribution in [2.45, 2.75) is 38.0 Å². The largest absolute Gasteiger partial charge is 0.297 e. The van der Waals surface area contributed by atoms with Crippen LogP contribution in [-0.2, 0) is 17.6 Å². The van der Waals surface area contributed by atoms with E-state index in [0.29, 0.717) is 29.7 Å². The number of halogens is 2. The molecule has 0 saturated heterocycles. The van der Waals surface area contributed by atoms with E-state index in [1.54, 1.807) is 18.3 Å². The number of para-hydroxylation sites is 1. The van der Waals surface area contributed by atoms with Gasteiger partial charge in [0.25, 0.3) is 0 Å². The van der Waals surface area contributed by atoms with Crippen molar-refractivity contribution in [3.05, 3.63) is 77.7 Å². The minimum absolute atomic E-state index is 0.0285. The molecule has 0 radical (unpaired) electrons. The SMILES string of the molecule is CC(C)CC(Cl)(Cc1ccccc1)C(=O)Cc1cnc2c(F)cccc2c1. The molecule has 0 saturated carbocycles. The quantitative estimate of drug-likeness (QED) is 0.486. The van der Waals surface area contributed by atoms with Crippen LogP contribution in [0.25, 0.3) is 10.9 Å². The van der Waals surface area contributed by atoms with E-state index in [4.69, 9.17) is 11.6 Å². The summed E-state index contributed by atoms with van der Waals surface area (Å²) in [5.41, 5.74) is 2.11. The molecule has 4 heteroatoms. The first kappa shape index (κ1) is 19.5. The van der Waals surface area contributed by atoms with Crippen LogP contribution < -0.4 is 0 Å². The van der Waals surface area contributed by atoms with Crippen LogP contribution in [0.15, 0.2) is 60.8 Å². The predicted molar refractivity (Wildman–Crippen MR) is 109 cm³/mol. The number of pyridine rings is 1. The Kier molecular flexibility index (Phi) is 5.91. The van der Waals surface area contributed by atoms with Crippen LogP contribution in [0.3, 0.4) is 0 Å². The fraction of sp³-hybridized carbons (Fsp3) is 0.304. The number of alkyl halides is 1. The zero-order chi connectivity index (χ0) is 19.4. The average molecular weight is 384 g/mol. The lowest BCUT2D eigenvalue weighted by molar-refractivity contribution is -0.121. The van der Waals surface area contributed by atoms with Crippen molar-refractivity contribution in [1.82, 2.24) is 4.98 Å². The lowest BCUT2D eigenvalue weighted by Gasteiger charge is -2.28. The van der Waals surface area contributed by atoms with E-state index in [-0.39, 0.29) is 18.0 Å². The Labute approximate surface area is 164 Å². The standard InChI is InChI=1S/C23H23ClFNO/c1-16(2)13-23(24,14-17-7-4-3-5-8-17)21(27)12-18-11-19-9-6-10-20(25)22(19)26-15-18/h3-11,15-16H,12-14H2,1-2H3. The van der Waals surface area contributed by atoms with Crippen LogP contribution in [0.4, 0.5) is 4.39 Å². The molecule has 1 heterocycles. The molecule has 0 aliphatic rings. The normalized spacial score (nSPS) is 13.7. The van der Waals surface area contributed by atoms with Crippen molar-refractivity contribution in [2.24, 2.45) is 5.92 Å². The summed E-state index contributed by atoms with van der Waals surface area (Å²) in [6.07, 6.45) is 2.83. The van der Waals surface area contributed by atoms with E-state index in [1.165, 1.54) is 6.07 Å². The summed E-state index contributed by atoms with van der Waals surface area (Å²) in [7, 11) is 0. The monoisotopic (exact) mass is 383 g/mol. The Bertz CT molecular complexity index is 942. The third-order valence-electron chi connectivity index (χ3n) is 4.64. The molecular weight excluding hydrogens is 361 g/mol. The van der Waals surface area contributed by atoms with Crippen molar-refractivity contribution < 1.29 is 9.18 Å². The summed E-state index contributed by atoms with van der Waals surface area (Å²) in [4.78, 5) is 16.4. The Hall–Kier alpha value is -2.26. The number of nitrogens with zero attached hydrogens (tertiary/aromatic N) is 1. The van der Waals surface area contributed by atoms with Crippen molar-refractivity contribution in [3.63, 3.8) is 0 Å². The molecule has 0 aliphatic heterocycles. The van der Waals surface area contributed by atoms with Crippen LogP contribution in [0.5, 0.6) is 0 Å². The van der Waals surface area contributed by atoms with Crippen LogP contribution >= 0.6 is 11.6 Å².